The Balaban J connectivity index is 1.97. The Hall–Kier alpha value is -0.160. The fraction of sp³-hybridized carbons (Fsp3) is 1.00. The zero-order chi connectivity index (χ0) is 10.4. The molecule has 0 aromatic heterocycles. The van der Waals surface area contributed by atoms with Gasteiger partial charge in [0.05, 0.1) is 38.6 Å². The Morgan fingerprint density at radius 2 is 2.00 bits per heavy atom. The fourth-order valence-electron chi connectivity index (χ4n) is 1.09. The fourth-order valence-corrected chi connectivity index (χ4v) is 1.09. The SMILES string of the molecule is CC(C)(C)OCCOC1COCCO1. The lowest BCUT2D eigenvalue weighted by Crippen LogP contribution is -2.32. The van der Waals surface area contributed by atoms with Crippen LogP contribution in [0.25, 0.3) is 0 Å². The molecule has 84 valence electrons. The molecule has 0 saturated carbocycles. The molecule has 0 amide bonds. The largest absolute Gasteiger partial charge is 0.374 e. The molecule has 0 aromatic carbocycles. The molecule has 1 unspecified atom stereocenters. The van der Waals surface area contributed by atoms with Crippen LogP contribution in [0.1, 0.15) is 20.8 Å². The Kier molecular flexibility index (Phi) is 4.81. The molecule has 0 radical (unpaired) electrons. The third-order valence-corrected chi connectivity index (χ3v) is 1.71. The van der Waals surface area contributed by atoms with E-state index in [0.29, 0.717) is 33.0 Å². The van der Waals surface area contributed by atoms with Gasteiger partial charge in [0, 0.05) is 0 Å². The third-order valence-electron chi connectivity index (χ3n) is 1.71. The van der Waals surface area contributed by atoms with Gasteiger partial charge in [-0.3, -0.25) is 0 Å². The first-order valence-corrected chi connectivity index (χ1v) is 5.03. The van der Waals surface area contributed by atoms with Crippen LogP contribution in [0, 0.1) is 0 Å². The molecular weight excluding hydrogens is 184 g/mol. The minimum atomic E-state index is -0.215. The summed E-state index contributed by atoms with van der Waals surface area (Å²) in [5.41, 5.74) is -0.104. The zero-order valence-corrected chi connectivity index (χ0v) is 9.25. The number of rotatable bonds is 4. The molecule has 1 rings (SSSR count). The van der Waals surface area contributed by atoms with E-state index in [0.717, 1.165) is 0 Å². The van der Waals surface area contributed by atoms with Crippen molar-refractivity contribution in [1.29, 1.82) is 0 Å². The highest BCUT2D eigenvalue weighted by Gasteiger charge is 2.15. The van der Waals surface area contributed by atoms with Gasteiger partial charge in [-0.15, -0.1) is 0 Å². The van der Waals surface area contributed by atoms with Crippen molar-refractivity contribution in [3.63, 3.8) is 0 Å². The maximum atomic E-state index is 5.50. The average Bonchev–Trinajstić information content (AvgIpc) is 2.13. The second-order valence-electron chi connectivity index (χ2n) is 4.21. The van der Waals surface area contributed by atoms with Crippen molar-refractivity contribution in [2.45, 2.75) is 32.7 Å². The summed E-state index contributed by atoms with van der Waals surface area (Å²) in [6, 6.07) is 0. The quantitative estimate of drug-likeness (QED) is 0.645. The van der Waals surface area contributed by atoms with Crippen molar-refractivity contribution in [3.05, 3.63) is 0 Å². The van der Waals surface area contributed by atoms with Crippen LogP contribution in [-0.4, -0.2) is 44.9 Å². The highest BCUT2D eigenvalue weighted by Crippen LogP contribution is 2.07. The van der Waals surface area contributed by atoms with Crippen LogP contribution >= 0.6 is 0 Å². The maximum absolute atomic E-state index is 5.50. The van der Waals surface area contributed by atoms with E-state index in [-0.39, 0.29) is 11.9 Å². The van der Waals surface area contributed by atoms with Gasteiger partial charge in [0.1, 0.15) is 0 Å². The van der Waals surface area contributed by atoms with Crippen LogP contribution in [0.15, 0.2) is 0 Å². The first-order valence-electron chi connectivity index (χ1n) is 5.03. The summed E-state index contributed by atoms with van der Waals surface area (Å²) in [6.45, 7) is 9.00. The molecule has 0 spiro atoms. The minimum Gasteiger partial charge on any atom is -0.374 e. The lowest BCUT2D eigenvalue weighted by molar-refractivity contribution is -0.217. The predicted octanol–water partition coefficient (Wildman–Crippen LogP) is 1.19. The second-order valence-corrected chi connectivity index (χ2v) is 4.21. The maximum Gasteiger partial charge on any atom is 0.181 e. The Labute approximate surface area is 85.5 Å². The zero-order valence-electron chi connectivity index (χ0n) is 9.25. The van der Waals surface area contributed by atoms with Crippen LogP contribution < -0.4 is 0 Å². The van der Waals surface area contributed by atoms with Gasteiger partial charge >= 0.3 is 0 Å². The summed E-state index contributed by atoms with van der Waals surface area (Å²) in [7, 11) is 0. The topological polar surface area (TPSA) is 36.9 Å². The normalized spacial score (nSPS) is 23.8. The minimum absolute atomic E-state index is 0.104. The van der Waals surface area contributed by atoms with Crippen LogP contribution in [0.4, 0.5) is 0 Å². The molecular formula is C10H20O4. The van der Waals surface area contributed by atoms with E-state index in [9.17, 15) is 0 Å². The van der Waals surface area contributed by atoms with Gasteiger partial charge in [-0.05, 0) is 20.8 Å². The van der Waals surface area contributed by atoms with E-state index in [1.165, 1.54) is 0 Å². The highest BCUT2D eigenvalue weighted by atomic mass is 16.7. The van der Waals surface area contributed by atoms with Crippen LogP contribution in [0.2, 0.25) is 0 Å². The van der Waals surface area contributed by atoms with Crippen molar-refractivity contribution >= 4 is 0 Å². The highest BCUT2D eigenvalue weighted by molar-refractivity contribution is 4.58. The lowest BCUT2D eigenvalue weighted by atomic mass is 10.2. The van der Waals surface area contributed by atoms with Gasteiger partial charge in [0.15, 0.2) is 6.29 Å². The second kappa shape index (κ2) is 5.66. The molecule has 1 heterocycles. The van der Waals surface area contributed by atoms with Crippen molar-refractivity contribution in [2.24, 2.45) is 0 Å². The van der Waals surface area contributed by atoms with E-state index in [4.69, 9.17) is 18.9 Å². The first-order chi connectivity index (χ1) is 6.58. The molecule has 14 heavy (non-hydrogen) atoms. The number of hydrogen-bond acceptors (Lipinski definition) is 4. The van der Waals surface area contributed by atoms with Gasteiger partial charge in [-0.1, -0.05) is 0 Å². The van der Waals surface area contributed by atoms with E-state index in [1.54, 1.807) is 0 Å². The van der Waals surface area contributed by atoms with Gasteiger partial charge in [0.2, 0.25) is 0 Å². The van der Waals surface area contributed by atoms with Crippen LogP contribution in [0.5, 0.6) is 0 Å². The van der Waals surface area contributed by atoms with E-state index < -0.39 is 0 Å². The molecule has 1 saturated heterocycles. The summed E-state index contributed by atoms with van der Waals surface area (Å²) in [6.07, 6.45) is -0.215. The van der Waals surface area contributed by atoms with Gasteiger partial charge in [-0.25, -0.2) is 0 Å². The average molecular weight is 204 g/mol. The molecule has 0 aromatic rings. The van der Waals surface area contributed by atoms with Crippen molar-refractivity contribution < 1.29 is 18.9 Å². The summed E-state index contributed by atoms with van der Waals surface area (Å²) < 4.78 is 21.4. The Morgan fingerprint density at radius 1 is 1.21 bits per heavy atom. The van der Waals surface area contributed by atoms with Crippen molar-refractivity contribution in [2.75, 3.05) is 33.0 Å². The van der Waals surface area contributed by atoms with E-state index >= 15 is 0 Å². The Morgan fingerprint density at radius 3 is 2.57 bits per heavy atom. The summed E-state index contributed by atoms with van der Waals surface area (Å²) in [5.74, 6) is 0. The molecule has 0 N–H and O–H groups in total. The number of ether oxygens (including phenoxy) is 4. The summed E-state index contributed by atoms with van der Waals surface area (Å²) in [4.78, 5) is 0. The molecule has 0 bridgehead atoms. The molecule has 1 fully saturated rings. The smallest absolute Gasteiger partial charge is 0.181 e. The van der Waals surface area contributed by atoms with Gasteiger partial charge < -0.3 is 18.9 Å². The summed E-state index contributed by atoms with van der Waals surface area (Å²) >= 11 is 0. The standard InChI is InChI=1S/C10H20O4/c1-10(2,3)14-7-6-13-9-8-11-4-5-12-9/h9H,4-8H2,1-3H3. The molecule has 4 heteroatoms. The first kappa shape index (κ1) is 11.9. The van der Waals surface area contributed by atoms with Crippen molar-refractivity contribution in [3.8, 4) is 0 Å². The third kappa shape index (κ3) is 5.54. The Bertz CT molecular complexity index is 147. The van der Waals surface area contributed by atoms with Crippen molar-refractivity contribution in [1.82, 2.24) is 0 Å². The van der Waals surface area contributed by atoms with Crippen LogP contribution in [0.3, 0.4) is 0 Å². The molecule has 0 aliphatic carbocycles. The lowest BCUT2D eigenvalue weighted by Gasteiger charge is -2.24. The molecule has 1 aliphatic heterocycles. The number of hydrogen-bond donors (Lipinski definition) is 0. The molecule has 4 nitrogen and oxygen atoms in total. The van der Waals surface area contributed by atoms with Crippen LogP contribution in [-0.2, 0) is 18.9 Å². The van der Waals surface area contributed by atoms with Gasteiger partial charge in [-0.2, -0.15) is 0 Å². The summed E-state index contributed by atoms with van der Waals surface area (Å²) in [5, 5.41) is 0. The van der Waals surface area contributed by atoms with E-state index in [1.807, 2.05) is 20.8 Å². The van der Waals surface area contributed by atoms with E-state index in [2.05, 4.69) is 0 Å². The molecule has 1 aliphatic rings. The monoisotopic (exact) mass is 204 g/mol. The van der Waals surface area contributed by atoms with Gasteiger partial charge in [0.25, 0.3) is 0 Å². The predicted molar refractivity (Wildman–Crippen MR) is 52.2 cm³/mol. The molecule has 1 atom stereocenters.